The van der Waals surface area contributed by atoms with Crippen LogP contribution in [0, 0.1) is 6.92 Å². The maximum Gasteiger partial charge on any atom is 0.264 e. The number of benzene rings is 4. The summed E-state index contributed by atoms with van der Waals surface area (Å²) in [5.74, 6) is 0. The SMILES string of the molecule is Cc1ccc(S(=O)(=O)N2CC(c3cccs3)(C(c3ccccc3)n3ccc4ccccc43)c3ccccc32)cc1. The lowest BCUT2D eigenvalue weighted by Crippen LogP contribution is -2.43. The van der Waals surface area contributed by atoms with Gasteiger partial charge in [0.1, 0.15) is 0 Å². The van der Waals surface area contributed by atoms with Gasteiger partial charge in [0.05, 0.1) is 28.6 Å². The van der Waals surface area contributed by atoms with Crippen molar-refractivity contribution in [2.24, 2.45) is 0 Å². The van der Waals surface area contributed by atoms with E-state index in [9.17, 15) is 8.42 Å². The van der Waals surface area contributed by atoms with Gasteiger partial charge in [0.2, 0.25) is 0 Å². The van der Waals surface area contributed by atoms with E-state index in [1.807, 2.05) is 43.3 Å². The van der Waals surface area contributed by atoms with E-state index in [1.165, 1.54) is 0 Å². The molecule has 1 aliphatic heterocycles. The fraction of sp³-hybridized carbons (Fsp3) is 0.118. The van der Waals surface area contributed by atoms with E-state index < -0.39 is 15.4 Å². The molecular formula is C34H28N2O2S2. The molecule has 0 aliphatic carbocycles. The molecule has 3 heterocycles. The highest BCUT2D eigenvalue weighted by Gasteiger charge is 2.54. The van der Waals surface area contributed by atoms with Crippen LogP contribution in [0.15, 0.2) is 138 Å². The second-order valence-electron chi connectivity index (χ2n) is 10.4. The molecule has 40 heavy (non-hydrogen) atoms. The molecule has 4 aromatic carbocycles. The molecule has 0 spiro atoms. The first-order valence-corrected chi connectivity index (χ1v) is 15.7. The predicted molar refractivity (Wildman–Crippen MR) is 164 cm³/mol. The summed E-state index contributed by atoms with van der Waals surface area (Å²) < 4.78 is 32.7. The van der Waals surface area contributed by atoms with Crippen LogP contribution in [0.1, 0.15) is 27.6 Å². The number of rotatable bonds is 6. The number of hydrogen-bond donors (Lipinski definition) is 0. The maximum absolute atomic E-state index is 14.3. The molecule has 1 aliphatic rings. The predicted octanol–water partition coefficient (Wildman–Crippen LogP) is 7.80. The van der Waals surface area contributed by atoms with Gasteiger partial charge in [0.25, 0.3) is 10.0 Å². The fourth-order valence-corrected chi connectivity index (χ4v) is 8.76. The number of aryl methyl sites for hydroxylation is 1. The molecule has 0 amide bonds. The summed E-state index contributed by atoms with van der Waals surface area (Å²) in [6.07, 6.45) is 2.15. The van der Waals surface area contributed by atoms with Crippen LogP contribution in [0.25, 0.3) is 10.9 Å². The Morgan fingerprint density at radius 3 is 2.27 bits per heavy atom. The smallest absolute Gasteiger partial charge is 0.264 e. The zero-order chi connectivity index (χ0) is 27.3. The van der Waals surface area contributed by atoms with Crippen molar-refractivity contribution in [1.82, 2.24) is 4.57 Å². The Hall–Kier alpha value is -4.13. The zero-order valence-corrected chi connectivity index (χ0v) is 23.6. The number of fused-ring (bicyclic) bond motifs is 2. The Morgan fingerprint density at radius 2 is 1.50 bits per heavy atom. The maximum atomic E-state index is 14.3. The third kappa shape index (κ3) is 3.74. The Labute approximate surface area is 238 Å². The van der Waals surface area contributed by atoms with Crippen LogP contribution in [-0.2, 0) is 15.4 Å². The van der Waals surface area contributed by atoms with Gasteiger partial charge in [-0.1, -0.05) is 90.5 Å². The summed E-state index contributed by atoms with van der Waals surface area (Å²) in [4.78, 5) is 1.44. The first-order valence-electron chi connectivity index (χ1n) is 13.3. The number of thiophene rings is 1. The summed E-state index contributed by atoms with van der Waals surface area (Å²) in [7, 11) is -3.83. The van der Waals surface area contributed by atoms with E-state index in [4.69, 9.17) is 0 Å². The van der Waals surface area contributed by atoms with E-state index in [0.717, 1.165) is 38.2 Å². The molecule has 0 N–H and O–H groups in total. The summed E-state index contributed by atoms with van der Waals surface area (Å²) in [6, 6.07) is 40.2. The zero-order valence-electron chi connectivity index (χ0n) is 22.0. The number of aromatic nitrogens is 1. The Balaban J connectivity index is 1.53. The first kappa shape index (κ1) is 24.9. The van der Waals surface area contributed by atoms with Crippen LogP contribution in [0.3, 0.4) is 0 Å². The van der Waals surface area contributed by atoms with Crippen LogP contribution >= 0.6 is 11.3 Å². The molecule has 4 nitrogen and oxygen atoms in total. The monoisotopic (exact) mass is 560 g/mol. The highest BCUT2D eigenvalue weighted by molar-refractivity contribution is 7.92. The standard InChI is InChI=1S/C34H28N2O2S2/c1-25-17-19-28(20-18-25)40(37,38)36-24-34(32-16-9-23-39-32,29-13-6-8-15-31(29)36)33(27-11-3-2-4-12-27)35-22-21-26-10-5-7-14-30(26)35/h2-23,33H,24H2,1H3. The normalized spacial score (nSPS) is 17.7. The van der Waals surface area contributed by atoms with E-state index in [-0.39, 0.29) is 12.6 Å². The molecule has 2 unspecified atom stereocenters. The molecule has 198 valence electrons. The van der Waals surface area contributed by atoms with Crippen molar-refractivity contribution in [3.63, 3.8) is 0 Å². The van der Waals surface area contributed by atoms with Gasteiger partial charge in [-0.05, 0) is 65.2 Å². The average molecular weight is 561 g/mol. The van der Waals surface area contributed by atoms with Crippen molar-refractivity contribution in [3.8, 4) is 0 Å². The van der Waals surface area contributed by atoms with Crippen molar-refractivity contribution < 1.29 is 8.42 Å². The molecule has 2 atom stereocenters. The van der Waals surface area contributed by atoms with Crippen molar-refractivity contribution in [1.29, 1.82) is 0 Å². The van der Waals surface area contributed by atoms with Gasteiger partial charge < -0.3 is 4.57 Å². The van der Waals surface area contributed by atoms with Crippen LogP contribution in [0.5, 0.6) is 0 Å². The minimum atomic E-state index is -3.83. The Morgan fingerprint density at radius 1 is 0.775 bits per heavy atom. The largest absolute Gasteiger partial charge is 0.339 e. The Kier molecular flexibility index (Phi) is 5.91. The van der Waals surface area contributed by atoms with E-state index >= 15 is 0 Å². The van der Waals surface area contributed by atoms with Crippen molar-refractivity contribution in [3.05, 3.63) is 154 Å². The van der Waals surface area contributed by atoms with E-state index in [1.54, 1.807) is 27.8 Å². The lowest BCUT2D eigenvalue weighted by atomic mass is 9.71. The lowest BCUT2D eigenvalue weighted by Gasteiger charge is -2.39. The van der Waals surface area contributed by atoms with Crippen molar-refractivity contribution in [2.75, 3.05) is 10.8 Å². The van der Waals surface area contributed by atoms with Gasteiger partial charge in [0.15, 0.2) is 0 Å². The topological polar surface area (TPSA) is 42.3 Å². The van der Waals surface area contributed by atoms with Crippen LogP contribution in [0.4, 0.5) is 5.69 Å². The van der Waals surface area contributed by atoms with Gasteiger partial charge in [-0.3, -0.25) is 4.31 Å². The highest BCUT2D eigenvalue weighted by Crippen LogP contribution is 2.56. The molecule has 0 radical (unpaired) electrons. The van der Waals surface area contributed by atoms with E-state index in [2.05, 4.69) is 88.9 Å². The molecule has 2 aromatic heterocycles. The fourth-order valence-electron chi connectivity index (χ4n) is 6.28. The molecule has 0 fully saturated rings. The summed E-state index contributed by atoms with van der Waals surface area (Å²) in [5, 5.41) is 3.24. The van der Waals surface area contributed by atoms with Crippen molar-refractivity contribution in [2.45, 2.75) is 23.3 Å². The number of anilines is 1. The second-order valence-corrected chi connectivity index (χ2v) is 13.2. The van der Waals surface area contributed by atoms with Crippen molar-refractivity contribution >= 4 is 38.0 Å². The number of para-hydroxylation sites is 2. The molecule has 7 rings (SSSR count). The summed E-state index contributed by atoms with van der Waals surface area (Å²) in [6.45, 7) is 2.25. The molecule has 0 saturated heterocycles. The third-order valence-corrected chi connectivity index (χ3v) is 10.9. The number of sulfonamides is 1. The lowest BCUT2D eigenvalue weighted by molar-refractivity contribution is 0.401. The molecule has 0 bridgehead atoms. The van der Waals surface area contributed by atoms with Gasteiger partial charge in [0, 0.05) is 16.6 Å². The Bertz CT molecular complexity index is 1910. The number of nitrogens with zero attached hydrogens (tertiary/aromatic N) is 2. The number of hydrogen-bond acceptors (Lipinski definition) is 3. The van der Waals surface area contributed by atoms with Gasteiger partial charge >= 0.3 is 0 Å². The molecule has 6 heteroatoms. The van der Waals surface area contributed by atoms with Crippen LogP contribution in [-0.4, -0.2) is 19.5 Å². The third-order valence-electron chi connectivity index (χ3n) is 8.11. The van der Waals surface area contributed by atoms with E-state index in [0.29, 0.717) is 4.90 Å². The summed E-state index contributed by atoms with van der Waals surface area (Å²) >= 11 is 1.68. The second kappa shape index (κ2) is 9.51. The first-order chi connectivity index (χ1) is 19.5. The molecule has 0 saturated carbocycles. The van der Waals surface area contributed by atoms with Crippen LogP contribution < -0.4 is 4.31 Å². The van der Waals surface area contributed by atoms with Gasteiger partial charge in [-0.2, -0.15) is 0 Å². The van der Waals surface area contributed by atoms with Crippen LogP contribution in [0.2, 0.25) is 0 Å². The summed E-state index contributed by atoms with van der Waals surface area (Å²) in [5.41, 5.74) is 4.34. The minimum absolute atomic E-state index is 0.202. The molecule has 6 aromatic rings. The van der Waals surface area contributed by atoms with Gasteiger partial charge in [-0.25, -0.2) is 8.42 Å². The quantitative estimate of drug-likeness (QED) is 0.209. The minimum Gasteiger partial charge on any atom is -0.339 e. The average Bonchev–Trinajstić information content (AvgIpc) is 3.74. The highest BCUT2D eigenvalue weighted by atomic mass is 32.2. The molecular weight excluding hydrogens is 533 g/mol. The van der Waals surface area contributed by atoms with Gasteiger partial charge in [-0.15, -0.1) is 11.3 Å².